The Balaban J connectivity index is 4.37. The van der Waals surface area contributed by atoms with E-state index in [-0.39, 0.29) is 0 Å². The molecule has 0 radical (unpaired) electrons. The van der Waals surface area contributed by atoms with E-state index in [0.717, 1.165) is 11.8 Å². The van der Waals surface area contributed by atoms with Gasteiger partial charge in [0.15, 0.2) is 0 Å². The summed E-state index contributed by atoms with van der Waals surface area (Å²) in [6.45, 7) is 13.9. The Morgan fingerprint density at radius 1 is 1.08 bits per heavy atom. The van der Waals surface area contributed by atoms with E-state index in [1.54, 1.807) is 11.1 Å². The molecule has 2 atom stereocenters. The minimum atomic E-state index is 0.761. The van der Waals surface area contributed by atoms with E-state index in [4.69, 9.17) is 0 Å². The first-order valence-corrected chi connectivity index (χ1v) is 5.70. The van der Waals surface area contributed by atoms with Gasteiger partial charge in [0.1, 0.15) is 0 Å². The van der Waals surface area contributed by atoms with Crippen molar-refractivity contribution in [3.05, 3.63) is 11.1 Å². The first-order valence-electron chi connectivity index (χ1n) is 5.70. The van der Waals surface area contributed by atoms with Crippen molar-refractivity contribution in [2.24, 2.45) is 11.8 Å². The molecule has 0 spiro atoms. The molecule has 0 heterocycles. The molecule has 0 saturated carbocycles. The van der Waals surface area contributed by atoms with Crippen LogP contribution in [0.2, 0.25) is 0 Å². The van der Waals surface area contributed by atoms with Crippen molar-refractivity contribution in [2.45, 2.75) is 60.8 Å². The van der Waals surface area contributed by atoms with Gasteiger partial charge in [0.2, 0.25) is 0 Å². The number of rotatable bonds is 5. The zero-order valence-electron chi connectivity index (χ0n) is 10.3. The van der Waals surface area contributed by atoms with Gasteiger partial charge >= 0.3 is 0 Å². The predicted octanol–water partition coefficient (Wildman–Crippen LogP) is 4.81. The van der Waals surface area contributed by atoms with Crippen molar-refractivity contribution in [1.82, 2.24) is 0 Å². The van der Waals surface area contributed by atoms with Crippen LogP contribution in [0.3, 0.4) is 0 Å². The van der Waals surface area contributed by atoms with Crippen LogP contribution >= 0.6 is 0 Å². The van der Waals surface area contributed by atoms with Crippen molar-refractivity contribution in [1.29, 1.82) is 0 Å². The Bertz CT molecular complexity index is 165. The average Bonchev–Trinajstić information content (AvgIpc) is 2.14. The molecule has 0 nitrogen and oxygen atoms in total. The highest BCUT2D eigenvalue weighted by molar-refractivity contribution is 5.12. The van der Waals surface area contributed by atoms with Gasteiger partial charge in [-0.15, -0.1) is 0 Å². The molecule has 0 aliphatic carbocycles. The van der Waals surface area contributed by atoms with Gasteiger partial charge in [0.25, 0.3) is 0 Å². The molecule has 0 fully saturated rings. The largest absolute Gasteiger partial charge is 0.0741 e. The summed E-state index contributed by atoms with van der Waals surface area (Å²) in [5.41, 5.74) is 3.23. The van der Waals surface area contributed by atoms with E-state index < -0.39 is 0 Å². The molecule has 0 heteroatoms. The lowest BCUT2D eigenvalue weighted by atomic mass is 9.85. The summed E-state index contributed by atoms with van der Waals surface area (Å²) in [4.78, 5) is 0. The fourth-order valence-electron chi connectivity index (χ4n) is 1.74. The van der Waals surface area contributed by atoms with Gasteiger partial charge in [-0.3, -0.25) is 0 Å². The Morgan fingerprint density at radius 2 is 1.62 bits per heavy atom. The molecule has 0 aliphatic heterocycles. The molecule has 13 heavy (non-hydrogen) atoms. The second-order valence-corrected chi connectivity index (χ2v) is 4.39. The summed E-state index contributed by atoms with van der Waals surface area (Å²) in [6, 6.07) is 0. The van der Waals surface area contributed by atoms with Crippen LogP contribution in [0.25, 0.3) is 0 Å². The lowest BCUT2D eigenvalue weighted by Crippen LogP contribution is -2.09. The van der Waals surface area contributed by atoms with Crippen LogP contribution in [0.4, 0.5) is 0 Å². The molecular weight excluding hydrogens is 156 g/mol. The lowest BCUT2D eigenvalue weighted by molar-refractivity contribution is 0.423. The highest BCUT2D eigenvalue weighted by Crippen LogP contribution is 2.26. The molecule has 0 aromatic heterocycles. The monoisotopic (exact) mass is 182 g/mol. The minimum absolute atomic E-state index is 0.761. The fourth-order valence-corrected chi connectivity index (χ4v) is 1.74. The van der Waals surface area contributed by atoms with Crippen molar-refractivity contribution in [3.63, 3.8) is 0 Å². The maximum atomic E-state index is 2.36. The average molecular weight is 182 g/mol. The van der Waals surface area contributed by atoms with Crippen molar-refractivity contribution in [3.8, 4) is 0 Å². The number of allylic oxidation sites excluding steroid dienone is 2. The first-order chi connectivity index (χ1) is 6.04. The van der Waals surface area contributed by atoms with E-state index in [9.17, 15) is 0 Å². The quantitative estimate of drug-likeness (QED) is 0.535. The van der Waals surface area contributed by atoms with Gasteiger partial charge in [-0.2, -0.15) is 0 Å². The second-order valence-electron chi connectivity index (χ2n) is 4.39. The summed E-state index contributed by atoms with van der Waals surface area (Å²) in [5, 5.41) is 0. The Hall–Kier alpha value is -0.260. The molecule has 0 rings (SSSR count). The van der Waals surface area contributed by atoms with Crippen LogP contribution < -0.4 is 0 Å². The highest BCUT2D eigenvalue weighted by Gasteiger charge is 2.13. The molecule has 2 unspecified atom stereocenters. The van der Waals surface area contributed by atoms with Gasteiger partial charge in [-0.25, -0.2) is 0 Å². The van der Waals surface area contributed by atoms with Gasteiger partial charge < -0.3 is 0 Å². The molecule has 0 saturated heterocycles. The maximum Gasteiger partial charge on any atom is -0.0206 e. The van der Waals surface area contributed by atoms with E-state index in [2.05, 4.69) is 41.5 Å². The van der Waals surface area contributed by atoms with Gasteiger partial charge in [-0.1, -0.05) is 51.7 Å². The molecule has 78 valence electrons. The Labute approximate surface area is 84.4 Å². The Morgan fingerprint density at radius 3 is 2.00 bits per heavy atom. The molecular formula is C13H26. The van der Waals surface area contributed by atoms with E-state index in [1.807, 2.05) is 0 Å². The fraction of sp³-hybridized carbons (Fsp3) is 0.846. The molecule has 0 aromatic carbocycles. The number of hydrogen-bond donors (Lipinski definition) is 0. The zero-order chi connectivity index (χ0) is 10.4. The topological polar surface area (TPSA) is 0 Å². The van der Waals surface area contributed by atoms with Crippen LogP contribution in [0.15, 0.2) is 11.1 Å². The van der Waals surface area contributed by atoms with E-state index in [1.165, 1.54) is 19.3 Å². The Kier molecular flexibility index (Phi) is 6.11. The zero-order valence-corrected chi connectivity index (χ0v) is 10.3. The van der Waals surface area contributed by atoms with Crippen molar-refractivity contribution >= 4 is 0 Å². The predicted molar refractivity (Wildman–Crippen MR) is 61.9 cm³/mol. The molecule has 0 aliphatic rings. The molecule has 0 aromatic rings. The standard InChI is InChI=1S/C13H26/c1-7-9-11(4)13(6)12(5)10(3)8-2/h10,12H,7-9H2,1-6H3/b13-11-. The molecule has 0 N–H and O–H groups in total. The third-order valence-electron chi connectivity index (χ3n) is 3.48. The van der Waals surface area contributed by atoms with Gasteiger partial charge in [0.05, 0.1) is 0 Å². The van der Waals surface area contributed by atoms with Crippen molar-refractivity contribution < 1.29 is 0 Å². The number of hydrogen-bond acceptors (Lipinski definition) is 0. The van der Waals surface area contributed by atoms with Crippen LogP contribution in [-0.2, 0) is 0 Å². The van der Waals surface area contributed by atoms with Gasteiger partial charge in [-0.05, 0) is 32.1 Å². The van der Waals surface area contributed by atoms with Crippen molar-refractivity contribution in [2.75, 3.05) is 0 Å². The van der Waals surface area contributed by atoms with E-state index >= 15 is 0 Å². The molecule has 0 bridgehead atoms. The van der Waals surface area contributed by atoms with Crippen LogP contribution in [-0.4, -0.2) is 0 Å². The smallest absolute Gasteiger partial charge is 0.0206 e. The second kappa shape index (κ2) is 6.23. The SMILES string of the molecule is CCC/C(C)=C(/C)C(C)C(C)CC. The summed E-state index contributed by atoms with van der Waals surface area (Å²) >= 11 is 0. The molecule has 0 amide bonds. The summed E-state index contributed by atoms with van der Waals surface area (Å²) in [6.07, 6.45) is 3.83. The third kappa shape index (κ3) is 3.97. The minimum Gasteiger partial charge on any atom is -0.0741 e. The van der Waals surface area contributed by atoms with Crippen LogP contribution in [0, 0.1) is 11.8 Å². The van der Waals surface area contributed by atoms with Gasteiger partial charge in [0, 0.05) is 0 Å². The summed E-state index contributed by atoms with van der Waals surface area (Å²) < 4.78 is 0. The van der Waals surface area contributed by atoms with Crippen LogP contribution in [0.5, 0.6) is 0 Å². The normalized spacial score (nSPS) is 18.0. The first kappa shape index (κ1) is 12.7. The highest BCUT2D eigenvalue weighted by atomic mass is 14.2. The lowest BCUT2D eigenvalue weighted by Gasteiger charge is -2.21. The summed E-state index contributed by atoms with van der Waals surface area (Å²) in [7, 11) is 0. The van der Waals surface area contributed by atoms with E-state index in [0.29, 0.717) is 0 Å². The summed E-state index contributed by atoms with van der Waals surface area (Å²) in [5.74, 6) is 1.59. The maximum absolute atomic E-state index is 2.36. The van der Waals surface area contributed by atoms with Crippen LogP contribution in [0.1, 0.15) is 60.8 Å². The third-order valence-corrected chi connectivity index (χ3v) is 3.48.